The van der Waals surface area contributed by atoms with E-state index in [0.29, 0.717) is 0 Å². The molecule has 3 rings (SSSR count). The number of hydrogen-bond donors (Lipinski definition) is 0. The van der Waals surface area contributed by atoms with Gasteiger partial charge in [0.25, 0.3) is 0 Å². The molecule has 1 fully saturated rings. The molecule has 0 saturated heterocycles. The van der Waals surface area contributed by atoms with Crippen LogP contribution in [-0.2, 0) is 6.42 Å². The first-order valence-corrected chi connectivity index (χ1v) is 7.99. The Balaban J connectivity index is 1.96. The number of benzene rings is 1. The van der Waals surface area contributed by atoms with Crippen LogP contribution < -0.4 is 0 Å². The van der Waals surface area contributed by atoms with Gasteiger partial charge in [0.15, 0.2) is 0 Å². The van der Waals surface area contributed by atoms with E-state index < -0.39 is 0 Å². The number of nitrogens with zero attached hydrogens (tertiary/aromatic N) is 1. The number of unbranched alkanes of at least 4 members (excludes halogenated alkanes) is 2. The third-order valence-electron chi connectivity index (χ3n) is 4.55. The fourth-order valence-corrected chi connectivity index (χ4v) is 3.58. The Labute approximate surface area is 116 Å². The zero-order valence-corrected chi connectivity index (χ0v) is 12.1. The quantitative estimate of drug-likeness (QED) is 0.623. The minimum atomic E-state index is 0.761. The molecule has 102 valence electrons. The highest BCUT2D eigenvalue weighted by atomic mass is 15.0. The minimum absolute atomic E-state index is 0.761. The second-order valence-corrected chi connectivity index (χ2v) is 5.96. The average molecular weight is 255 g/mol. The number of hydrogen-bond acceptors (Lipinski definition) is 0. The van der Waals surface area contributed by atoms with Gasteiger partial charge in [-0.1, -0.05) is 50.8 Å². The van der Waals surface area contributed by atoms with E-state index in [9.17, 15) is 0 Å². The molecular formula is C18H25N. The Hall–Kier alpha value is -1.24. The van der Waals surface area contributed by atoms with Crippen LogP contribution in [0.2, 0.25) is 0 Å². The first-order valence-electron chi connectivity index (χ1n) is 7.99. The van der Waals surface area contributed by atoms with Gasteiger partial charge in [0, 0.05) is 17.3 Å². The topological polar surface area (TPSA) is 4.93 Å². The number of para-hydroxylation sites is 1. The van der Waals surface area contributed by atoms with E-state index in [2.05, 4.69) is 41.8 Å². The van der Waals surface area contributed by atoms with Crippen LogP contribution in [0.1, 0.15) is 63.6 Å². The van der Waals surface area contributed by atoms with Crippen molar-refractivity contribution in [1.29, 1.82) is 0 Å². The van der Waals surface area contributed by atoms with Gasteiger partial charge >= 0.3 is 0 Å². The average Bonchev–Trinajstić information content (AvgIpc) is 3.04. The number of rotatable bonds is 5. The molecule has 1 aliphatic rings. The summed E-state index contributed by atoms with van der Waals surface area (Å²) in [6, 6.07) is 12.1. The van der Waals surface area contributed by atoms with Crippen LogP contribution in [0, 0.1) is 0 Å². The van der Waals surface area contributed by atoms with Crippen LogP contribution in [0.4, 0.5) is 0 Å². The van der Waals surface area contributed by atoms with Crippen molar-refractivity contribution in [2.75, 3.05) is 0 Å². The molecule has 0 atom stereocenters. The molecule has 0 radical (unpaired) electrons. The first-order chi connectivity index (χ1) is 9.40. The van der Waals surface area contributed by atoms with Gasteiger partial charge in [-0.15, -0.1) is 0 Å². The van der Waals surface area contributed by atoms with Crippen molar-refractivity contribution >= 4 is 10.9 Å². The number of fused-ring (bicyclic) bond motifs is 1. The van der Waals surface area contributed by atoms with E-state index in [1.165, 1.54) is 62.3 Å². The van der Waals surface area contributed by atoms with Gasteiger partial charge in [-0.25, -0.2) is 0 Å². The van der Waals surface area contributed by atoms with E-state index in [-0.39, 0.29) is 0 Å². The van der Waals surface area contributed by atoms with Gasteiger partial charge in [-0.2, -0.15) is 0 Å². The summed E-state index contributed by atoms with van der Waals surface area (Å²) in [4.78, 5) is 0. The monoisotopic (exact) mass is 255 g/mol. The minimum Gasteiger partial charge on any atom is -0.342 e. The summed E-state index contributed by atoms with van der Waals surface area (Å²) in [5.41, 5.74) is 3.03. The summed E-state index contributed by atoms with van der Waals surface area (Å²) < 4.78 is 2.66. The summed E-state index contributed by atoms with van der Waals surface area (Å²) in [6.07, 6.45) is 10.8. The predicted molar refractivity (Wildman–Crippen MR) is 82.7 cm³/mol. The molecule has 1 saturated carbocycles. The molecule has 1 nitrogen and oxygen atoms in total. The van der Waals surface area contributed by atoms with E-state index in [1.807, 2.05) is 0 Å². The molecule has 2 aromatic rings. The molecule has 0 aliphatic heterocycles. The maximum absolute atomic E-state index is 2.66. The first kappa shape index (κ1) is 12.8. The predicted octanol–water partition coefficient (Wildman–Crippen LogP) is 5.49. The van der Waals surface area contributed by atoms with Gasteiger partial charge in [0.1, 0.15) is 0 Å². The van der Waals surface area contributed by atoms with Gasteiger partial charge in [-0.3, -0.25) is 0 Å². The molecule has 1 aromatic carbocycles. The SMILES string of the molecule is CCCCCc1cc2ccccc2n1C1CCCC1. The molecule has 1 heteroatoms. The van der Waals surface area contributed by atoms with Gasteiger partial charge in [0.2, 0.25) is 0 Å². The van der Waals surface area contributed by atoms with E-state index >= 15 is 0 Å². The summed E-state index contributed by atoms with van der Waals surface area (Å²) in [5, 5.41) is 1.43. The van der Waals surface area contributed by atoms with Gasteiger partial charge in [0.05, 0.1) is 0 Å². The number of aryl methyl sites for hydroxylation is 1. The zero-order valence-electron chi connectivity index (χ0n) is 12.1. The van der Waals surface area contributed by atoms with E-state index in [4.69, 9.17) is 0 Å². The Bertz CT molecular complexity index is 532. The van der Waals surface area contributed by atoms with Crippen LogP contribution >= 0.6 is 0 Å². The lowest BCUT2D eigenvalue weighted by molar-refractivity contribution is 0.511. The smallest absolute Gasteiger partial charge is 0.0485 e. The Kier molecular flexibility index (Phi) is 3.91. The third-order valence-corrected chi connectivity index (χ3v) is 4.55. The largest absolute Gasteiger partial charge is 0.342 e. The standard InChI is InChI=1S/C18H25N/c1-2-3-4-12-17-14-15-9-5-8-13-18(15)19(17)16-10-6-7-11-16/h5,8-9,13-14,16H,2-4,6-7,10-12H2,1H3. The summed E-state index contributed by atoms with van der Waals surface area (Å²) >= 11 is 0. The van der Waals surface area contributed by atoms with Crippen LogP contribution in [0.15, 0.2) is 30.3 Å². The highest BCUT2D eigenvalue weighted by Crippen LogP contribution is 2.35. The molecule has 0 unspecified atom stereocenters. The van der Waals surface area contributed by atoms with Crippen LogP contribution in [0.5, 0.6) is 0 Å². The molecule has 1 aromatic heterocycles. The van der Waals surface area contributed by atoms with Crippen molar-refractivity contribution in [3.05, 3.63) is 36.0 Å². The molecule has 1 heterocycles. The van der Waals surface area contributed by atoms with Gasteiger partial charge in [-0.05, 0) is 43.2 Å². The van der Waals surface area contributed by atoms with Crippen LogP contribution in [-0.4, -0.2) is 4.57 Å². The summed E-state index contributed by atoms with van der Waals surface area (Å²) in [5.74, 6) is 0. The highest BCUT2D eigenvalue weighted by molar-refractivity contribution is 5.81. The lowest BCUT2D eigenvalue weighted by atomic mass is 10.1. The Morgan fingerprint density at radius 1 is 1.11 bits per heavy atom. The molecule has 0 amide bonds. The van der Waals surface area contributed by atoms with Crippen molar-refractivity contribution in [3.8, 4) is 0 Å². The maximum Gasteiger partial charge on any atom is 0.0485 e. The second kappa shape index (κ2) is 5.81. The third kappa shape index (κ3) is 2.56. The molecule has 0 N–H and O–H groups in total. The van der Waals surface area contributed by atoms with E-state index in [0.717, 1.165) is 6.04 Å². The lowest BCUT2D eigenvalue weighted by Crippen LogP contribution is -2.08. The van der Waals surface area contributed by atoms with Gasteiger partial charge < -0.3 is 4.57 Å². The molecule has 0 bridgehead atoms. The number of aromatic nitrogens is 1. The molecule has 19 heavy (non-hydrogen) atoms. The van der Waals surface area contributed by atoms with Crippen molar-refractivity contribution < 1.29 is 0 Å². The zero-order chi connectivity index (χ0) is 13.1. The van der Waals surface area contributed by atoms with Crippen molar-refractivity contribution in [2.24, 2.45) is 0 Å². The summed E-state index contributed by atoms with van der Waals surface area (Å²) in [7, 11) is 0. The summed E-state index contributed by atoms with van der Waals surface area (Å²) in [6.45, 7) is 2.28. The van der Waals surface area contributed by atoms with Crippen molar-refractivity contribution in [2.45, 2.75) is 64.3 Å². The van der Waals surface area contributed by atoms with Crippen LogP contribution in [0.25, 0.3) is 10.9 Å². The van der Waals surface area contributed by atoms with E-state index in [1.54, 1.807) is 5.69 Å². The Morgan fingerprint density at radius 2 is 1.89 bits per heavy atom. The fourth-order valence-electron chi connectivity index (χ4n) is 3.58. The normalized spacial score (nSPS) is 16.5. The van der Waals surface area contributed by atoms with Crippen molar-refractivity contribution in [1.82, 2.24) is 4.57 Å². The Morgan fingerprint density at radius 3 is 2.68 bits per heavy atom. The van der Waals surface area contributed by atoms with Crippen molar-refractivity contribution in [3.63, 3.8) is 0 Å². The lowest BCUT2D eigenvalue weighted by Gasteiger charge is -2.18. The molecular weight excluding hydrogens is 230 g/mol. The fraction of sp³-hybridized carbons (Fsp3) is 0.556. The maximum atomic E-state index is 2.66. The second-order valence-electron chi connectivity index (χ2n) is 5.96. The highest BCUT2D eigenvalue weighted by Gasteiger charge is 2.20. The molecule has 1 aliphatic carbocycles. The van der Waals surface area contributed by atoms with Crippen LogP contribution in [0.3, 0.4) is 0 Å². The molecule has 0 spiro atoms.